The number of hydrogen-bond acceptors (Lipinski definition) is 6. The van der Waals surface area contributed by atoms with Gasteiger partial charge in [0.25, 0.3) is 0 Å². The monoisotopic (exact) mass is 212 g/mol. The van der Waals surface area contributed by atoms with Gasteiger partial charge < -0.3 is 10.2 Å². The molecule has 6 heteroatoms. The van der Waals surface area contributed by atoms with E-state index in [2.05, 4.69) is 15.4 Å². The van der Waals surface area contributed by atoms with Gasteiger partial charge in [-0.1, -0.05) is 0 Å². The Labute approximate surface area is 86.4 Å². The number of nitrogens with one attached hydrogen (secondary N) is 1. The molecule has 76 valence electrons. The van der Waals surface area contributed by atoms with E-state index < -0.39 is 0 Å². The predicted octanol–water partition coefficient (Wildman–Crippen LogP) is 0.601. The van der Waals surface area contributed by atoms with Gasteiger partial charge in [-0.25, -0.2) is 15.8 Å². The summed E-state index contributed by atoms with van der Waals surface area (Å²) in [4.78, 5) is 8.53. The number of anilines is 1. The van der Waals surface area contributed by atoms with Gasteiger partial charge in [0, 0.05) is 17.4 Å². The summed E-state index contributed by atoms with van der Waals surface area (Å²) in [6, 6.07) is 0. The van der Waals surface area contributed by atoms with Crippen molar-refractivity contribution in [1.82, 2.24) is 9.97 Å². The van der Waals surface area contributed by atoms with Crippen LogP contribution in [-0.2, 0) is 0 Å². The lowest BCUT2D eigenvalue weighted by molar-refractivity contribution is 0.411. The lowest BCUT2D eigenvalue weighted by Crippen LogP contribution is -2.20. The number of aromatic nitrogens is 2. The molecule has 1 aliphatic heterocycles. The molecule has 0 atom stereocenters. The van der Waals surface area contributed by atoms with Crippen molar-refractivity contribution in [3.8, 4) is 5.75 Å². The van der Waals surface area contributed by atoms with Crippen molar-refractivity contribution >= 4 is 17.6 Å². The Morgan fingerprint density at radius 2 is 2.43 bits per heavy atom. The van der Waals surface area contributed by atoms with E-state index in [9.17, 15) is 0 Å². The van der Waals surface area contributed by atoms with Gasteiger partial charge in [-0.2, -0.15) is 11.8 Å². The van der Waals surface area contributed by atoms with Gasteiger partial charge in [-0.05, 0) is 0 Å². The van der Waals surface area contributed by atoms with Crippen LogP contribution in [0.5, 0.6) is 5.75 Å². The maximum Gasteiger partial charge on any atom is 0.186 e. The Kier molecular flexibility index (Phi) is 2.74. The lowest BCUT2D eigenvalue weighted by atomic mass is 10.2. The highest BCUT2D eigenvalue weighted by molar-refractivity contribution is 8.00. The van der Waals surface area contributed by atoms with Crippen LogP contribution in [0.4, 0.5) is 5.82 Å². The fraction of sp³-hybridized carbons (Fsp3) is 0.500. The quantitative estimate of drug-likeness (QED) is 0.564. The van der Waals surface area contributed by atoms with E-state index in [1.165, 1.54) is 0 Å². The Bertz CT molecular complexity index is 329. The van der Waals surface area contributed by atoms with E-state index in [0.29, 0.717) is 17.5 Å². The molecule has 0 spiro atoms. The zero-order valence-corrected chi connectivity index (χ0v) is 8.67. The smallest absolute Gasteiger partial charge is 0.186 e. The molecular formula is C8H12N4OS. The summed E-state index contributed by atoms with van der Waals surface area (Å²) >= 11 is 1.90. The van der Waals surface area contributed by atoms with E-state index in [-0.39, 0.29) is 0 Å². The molecule has 0 saturated carbocycles. The molecule has 0 unspecified atom stereocenters. The largest absolute Gasteiger partial charge is 0.491 e. The zero-order valence-electron chi connectivity index (χ0n) is 7.86. The SMILES string of the molecule is COc1cnc(C2CSC2)nc1NN. The molecule has 0 aliphatic carbocycles. The number of hydrogen-bond donors (Lipinski definition) is 2. The third-order valence-corrected chi connectivity index (χ3v) is 3.41. The molecule has 1 fully saturated rings. The Hall–Kier alpha value is -1.01. The van der Waals surface area contributed by atoms with Crippen molar-refractivity contribution < 1.29 is 4.74 Å². The van der Waals surface area contributed by atoms with E-state index >= 15 is 0 Å². The van der Waals surface area contributed by atoms with Crippen molar-refractivity contribution in [2.75, 3.05) is 24.0 Å². The standard InChI is InChI=1S/C8H12N4OS/c1-13-6-2-10-7(5-3-14-4-5)11-8(6)12-9/h2,5H,3-4,9H2,1H3,(H,10,11,12). The minimum absolute atomic E-state index is 0.470. The summed E-state index contributed by atoms with van der Waals surface area (Å²) in [6.45, 7) is 0. The first-order valence-corrected chi connectivity index (χ1v) is 5.46. The van der Waals surface area contributed by atoms with Gasteiger partial charge in [0.15, 0.2) is 11.6 Å². The van der Waals surface area contributed by atoms with E-state index in [1.54, 1.807) is 13.3 Å². The molecule has 0 aromatic carbocycles. The summed E-state index contributed by atoms with van der Waals surface area (Å²) in [6.07, 6.45) is 1.65. The molecule has 5 nitrogen and oxygen atoms in total. The molecule has 2 heterocycles. The Morgan fingerprint density at radius 3 is 2.93 bits per heavy atom. The molecular weight excluding hydrogens is 200 g/mol. The average molecular weight is 212 g/mol. The van der Waals surface area contributed by atoms with Crippen LogP contribution < -0.4 is 16.0 Å². The number of nitrogens with two attached hydrogens (primary N) is 1. The van der Waals surface area contributed by atoms with Crippen LogP contribution in [0, 0.1) is 0 Å². The molecule has 2 rings (SSSR count). The number of rotatable bonds is 3. The summed E-state index contributed by atoms with van der Waals surface area (Å²) in [7, 11) is 1.57. The van der Waals surface area contributed by atoms with E-state index in [0.717, 1.165) is 17.3 Å². The van der Waals surface area contributed by atoms with Gasteiger partial charge in [0.2, 0.25) is 0 Å². The van der Waals surface area contributed by atoms with E-state index in [1.807, 2.05) is 11.8 Å². The summed E-state index contributed by atoms with van der Waals surface area (Å²) in [5, 5.41) is 0. The maximum atomic E-state index is 5.33. The second-order valence-electron chi connectivity index (χ2n) is 3.02. The highest BCUT2D eigenvalue weighted by atomic mass is 32.2. The third-order valence-electron chi connectivity index (χ3n) is 2.13. The first-order valence-electron chi connectivity index (χ1n) is 4.30. The number of hydrazine groups is 1. The van der Waals surface area contributed by atoms with Crippen molar-refractivity contribution in [3.05, 3.63) is 12.0 Å². The average Bonchev–Trinajstić information content (AvgIpc) is 2.15. The molecule has 0 amide bonds. The Morgan fingerprint density at radius 1 is 1.64 bits per heavy atom. The van der Waals surface area contributed by atoms with Gasteiger partial charge in [0.1, 0.15) is 5.82 Å². The summed E-state index contributed by atoms with van der Waals surface area (Å²) < 4.78 is 5.05. The third kappa shape index (κ3) is 1.62. The molecule has 14 heavy (non-hydrogen) atoms. The van der Waals surface area contributed by atoms with Crippen LogP contribution in [-0.4, -0.2) is 28.6 Å². The fourth-order valence-corrected chi connectivity index (χ4v) is 1.99. The second kappa shape index (κ2) is 4.02. The molecule has 1 aromatic heterocycles. The highest BCUT2D eigenvalue weighted by Crippen LogP contribution is 2.33. The van der Waals surface area contributed by atoms with Crippen LogP contribution in [0.2, 0.25) is 0 Å². The Balaban J connectivity index is 2.26. The zero-order chi connectivity index (χ0) is 9.97. The normalized spacial score (nSPS) is 16.1. The topological polar surface area (TPSA) is 73.1 Å². The van der Waals surface area contributed by atoms with Crippen LogP contribution in [0.1, 0.15) is 11.7 Å². The minimum Gasteiger partial charge on any atom is -0.491 e. The van der Waals surface area contributed by atoms with Crippen LogP contribution >= 0.6 is 11.8 Å². The predicted molar refractivity (Wildman–Crippen MR) is 56.5 cm³/mol. The molecule has 3 N–H and O–H groups in total. The number of nitrogens with zero attached hydrogens (tertiary/aromatic N) is 2. The molecule has 0 bridgehead atoms. The van der Waals surface area contributed by atoms with Crippen LogP contribution in [0.15, 0.2) is 6.20 Å². The number of methoxy groups -OCH3 is 1. The molecule has 0 radical (unpaired) electrons. The van der Waals surface area contributed by atoms with Gasteiger partial charge in [0.05, 0.1) is 13.3 Å². The van der Waals surface area contributed by atoms with Gasteiger partial charge in [-0.15, -0.1) is 0 Å². The summed E-state index contributed by atoms with van der Waals surface area (Å²) in [5.41, 5.74) is 2.51. The van der Waals surface area contributed by atoms with Gasteiger partial charge in [-0.3, -0.25) is 0 Å². The lowest BCUT2D eigenvalue weighted by Gasteiger charge is -2.23. The van der Waals surface area contributed by atoms with Crippen molar-refractivity contribution in [3.63, 3.8) is 0 Å². The van der Waals surface area contributed by atoms with Crippen molar-refractivity contribution in [1.29, 1.82) is 0 Å². The molecule has 1 aliphatic rings. The van der Waals surface area contributed by atoms with Crippen molar-refractivity contribution in [2.24, 2.45) is 5.84 Å². The fourth-order valence-electron chi connectivity index (χ4n) is 1.22. The van der Waals surface area contributed by atoms with E-state index in [4.69, 9.17) is 10.6 Å². The minimum atomic E-state index is 0.470. The first-order chi connectivity index (χ1) is 6.85. The second-order valence-corrected chi connectivity index (χ2v) is 4.10. The number of thioether (sulfide) groups is 1. The highest BCUT2D eigenvalue weighted by Gasteiger charge is 2.23. The number of ether oxygens (including phenoxy) is 1. The maximum absolute atomic E-state index is 5.33. The first kappa shape index (κ1) is 9.54. The van der Waals surface area contributed by atoms with Crippen LogP contribution in [0.25, 0.3) is 0 Å². The molecule has 1 aromatic rings. The van der Waals surface area contributed by atoms with Gasteiger partial charge >= 0.3 is 0 Å². The molecule has 1 saturated heterocycles. The summed E-state index contributed by atoms with van der Waals surface area (Å²) in [5.74, 6) is 9.95. The number of nitrogen functional groups attached to an aromatic ring is 1. The van der Waals surface area contributed by atoms with Crippen molar-refractivity contribution in [2.45, 2.75) is 5.92 Å². The van der Waals surface area contributed by atoms with Crippen LogP contribution in [0.3, 0.4) is 0 Å².